The number of fused-ring (bicyclic) bond motifs is 1. The Hall–Kier alpha value is -5.27. The van der Waals surface area contributed by atoms with Crippen LogP contribution < -0.4 is 10.0 Å². The van der Waals surface area contributed by atoms with Gasteiger partial charge in [-0.25, -0.2) is 18.4 Å². The van der Waals surface area contributed by atoms with E-state index in [9.17, 15) is 18.5 Å². The number of aromatic nitrogens is 2. The van der Waals surface area contributed by atoms with Crippen molar-refractivity contribution in [2.45, 2.75) is 47.9 Å². The topological polar surface area (TPSA) is 130 Å². The number of rotatable bonds is 16. The van der Waals surface area contributed by atoms with Gasteiger partial charge >= 0.3 is 0 Å². The Labute approximate surface area is 349 Å². The first-order valence-electron chi connectivity index (χ1n) is 19.2. The van der Waals surface area contributed by atoms with Gasteiger partial charge in [-0.05, 0) is 135 Å². The molecule has 0 aliphatic heterocycles. The summed E-state index contributed by atoms with van der Waals surface area (Å²) in [6, 6.07) is 36.1. The molecule has 6 aromatic rings. The highest BCUT2D eigenvalue weighted by Gasteiger charge is 2.25. The smallest absolute Gasteiger partial charge is 0.293 e. The number of hydrogen-bond acceptors (Lipinski definition) is 9. The summed E-state index contributed by atoms with van der Waals surface area (Å²) in [4.78, 5) is 23.4. The Bertz CT molecular complexity index is 2540. The highest BCUT2D eigenvalue weighted by molar-refractivity contribution is 7.99. The molecule has 2 N–H and O–H groups in total. The lowest BCUT2D eigenvalue weighted by atomic mass is 9.82. The zero-order valence-electron chi connectivity index (χ0n) is 32.3. The highest BCUT2D eigenvalue weighted by atomic mass is 35.5. The van der Waals surface area contributed by atoms with E-state index in [1.807, 2.05) is 74.8 Å². The minimum atomic E-state index is -4.26. The second-order valence-electron chi connectivity index (χ2n) is 14.8. The third-order valence-electron chi connectivity index (χ3n) is 10.4. The van der Waals surface area contributed by atoms with Crippen LogP contribution in [-0.2, 0) is 16.4 Å². The van der Waals surface area contributed by atoms with Gasteiger partial charge in [-0.3, -0.25) is 14.8 Å². The molecule has 10 nitrogen and oxygen atoms in total. The Morgan fingerprint density at radius 2 is 1.69 bits per heavy atom. The summed E-state index contributed by atoms with van der Waals surface area (Å²) in [5, 5.41) is 16.9. The van der Waals surface area contributed by atoms with E-state index in [2.05, 4.69) is 67.4 Å². The SMILES string of the molecule is CN(C)CC[C@H](CSc1ccccc1)Nc1ccc(S(=O)(=O)Nc2ncnc3cc(C4=CCC(Cc5ccccc5-c5ccc(Cl)cc5)CC4)ccc23)cc1[N+](=O)[O-]. The Kier molecular flexibility index (Phi) is 13.1. The molecular formula is C45H45ClN6O4S2. The minimum Gasteiger partial charge on any atom is -0.376 e. The molecule has 298 valence electrons. The van der Waals surface area contributed by atoms with Crippen LogP contribution in [0, 0.1) is 16.0 Å². The Balaban J connectivity index is 1.05. The molecule has 5 aromatic carbocycles. The normalized spacial score (nSPS) is 14.9. The van der Waals surface area contributed by atoms with Crippen molar-refractivity contribution in [3.05, 3.63) is 154 Å². The van der Waals surface area contributed by atoms with Crippen LogP contribution in [0.5, 0.6) is 0 Å². The van der Waals surface area contributed by atoms with E-state index in [0.29, 0.717) is 22.6 Å². The molecule has 1 aliphatic rings. The summed E-state index contributed by atoms with van der Waals surface area (Å²) < 4.78 is 30.1. The average molecular weight is 833 g/mol. The molecule has 0 bridgehead atoms. The third-order valence-corrected chi connectivity index (χ3v) is 13.2. The zero-order chi connectivity index (χ0) is 40.6. The lowest BCUT2D eigenvalue weighted by Gasteiger charge is -2.23. The van der Waals surface area contributed by atoms with Crippen LogP contribution in [0.2, 0.25) is 5.02 Å². The molecule has 13 heteroatoms. The van der Waals surface area contributed by atoms with E-state index < -0.39 is 14.9 Å². The summed E-state index contributed by atoms with van der Waals surface area (Å²) >= 11 is 7.80. The van der Waals surface area contributed by atoms with E-state index in [1.54, 1.807) is 11.8 Å². The van der Waals surface area contributed by atoms with Crippen molar-refractivity contribution in [2.75, 3.05) is 36.4 Å². The van der Waals surface area contributed by atoms with Gasteiger partial charge in [0.2, 0.25) is 0 Å². The van der Waals surface area contributed by atoms with E-state index >= 15 is 0 Å². The van der Waals surface area contributed by atoms with Crippen molar-refractivity contribution in [1.82, 2.24) is 14.9 Å². The molecule has 7 rings (SSSR count). The van der Waals surface area contributed by atoms with E-state index in [4.69, 9.17) is 11.6 Å². The van der Waals surface area contributed by atoms with Crippen molar-refractivity contribution >= 4 is 67.1 Å². The van der Waals surface area contributed by atoms with Gasteiger partial charge in [0.15, 0.2) is 5.82 Å². The molecule has 1 aromatic heterocycles. The Morgan fingerprint density at radius 1 is 0.931 bits per heavy atom. The quantitative estimate of drug-likeness (QED) is 0.0556. The number of hydrogen-bond donors (Lipinski definition) is 2. The average Bonchev–Trinajstić information content (AvgIpc) is 3.23. The molecule has 1 aliphatic carbocycles. The fraction of sp³-hybridized carbons (Fsp3) is 0.244. The minimum absolute atomic E-state index is 0.0973. The molecule has 0 spiro atoms. The number of nitro benzene ring substituents is 1. The van der Waals surface area contributed by atoms with Crippen LogP contribution in [0.3, 0.4) is 0 Å². The van der Waals surface area contributed by atoms with E-state index in [0.717, 1.165) is 65.8 Å². The number of halogens is 1. The molecule has 0 amide bonds. The van der Waals surface area contributed by atoms with Gasteiger partial charge in [-0.2, -0.15) is 0 Å². The van der Waals surface area contributed by atoms with Crippen LogP contribution in [0.4, 0.5) is 17.2 Å². The second-order valence-corrected chi connectivity index (χ2v) is 18.0. The Morgan fingerprint density at radius 3 is 2.43 bits per heavy atom. The fourth-order valence-corrected chi connectivity index (χ4v) is 9.45. The lowest BCUT2D eigenvalue weighted by molar-refractivity contribution is -0.384. The van der Waals surface area contributed by atoms with Gasteiger partial charge in [0.1, 0.15) is 12.0 Å². The number of benzene rings is 5. The summed E-state index contributed by atoms with van der Waals surface area (Å²) in [5.74, 6) is 1.27. The van der Waals surface area contributed by atoms with Gasteiger partial charge in [-0.1, -0.05) is 78.3 Å². The first kappa shape index (κ1) is 40.9. The van der Waals surface area contributed by atoms with Gasteiger partial charge < -0.3 is 10.2 Å². The maximum atomic E-state index is 13.7. The number of allylic oxidation sites excluding steroid dienone is 2. The predicted octanol–water partition coefficient (Wildman–Crippen LogP) is 10.6. The van der Waals surface area contributed by atoms with Gasteiger partial charge in [0, 0.05) is 33.2 Å². The van der Waals surface area contributed by atoms with E-state index in [1.165, 1.54) is 35.2 Å². The molecule has 0 saturated heterocycles. The summed E-state index contributed by atoms with van der Waals surface area (Å²) in [6.07, 6.45) is 8.23. The second kappa shape index (κ2) is 18.5. The molecule has 0 saturated carbocycles. The molecule has 0 fully saturated rings. The maximum Gasteiger partial charge on any atom is 0.293 e. The molecule has 2 atom stereocenters. The van der Waals surface area contributed by atoms with Crippen LogP contribution in [0.1, 0.15) is 36.8 Å². The summed E-state index contributed by atoms with van der Waals surface area (Å²) in [5.41, 5.74) is 6.50. The number of nitrogens with zero attached hydrogens (tertiary/aromatic N) is 4. The number of sulfonamides is 1. The highest BCUT2D eigenvalue weighted by Crippen LogP contribution is 2.36. The standard InChI is InChI=1S/C45H45ClN6O4S2/c1-51(2)25-24-37(29-57-38-9-4-3-5-10-38)49-42-23-21-39(28-44(42)52(53)54)58(55,56)50-45-41-22-18-34(27-43(41)47-30-48-45)32-14-12-31(13-15-32)26-35-8-6-7-11-40(35)33-16-19-36(46)20-17-33/h3-11,14,16-23,27-28,30-31,37,49H,12-13,15,24-26,29H2,1-2H3,(H,47,48,50)/t31?,37-/m1/s1. The monoisotopic (exact) mass is 832 g/mol. The van der Waals surface area contributed by atoms with Crippen molar-refractivity contribution in [3.63, 3.8) is 0 Å². The number of nitro groups is 1. The largest absolute Gasteiger partial charge is 0.376 e. The summed E-state index contributed by atoms with van der Waals surface area (Å²) in [6.45, 7) is 0.769. The van der Waals surface area contributed by atoms with Crippen molar-refractivity contribution < 1.29 is 13.3 Å². The number of thioether (sulfide) groups is 1. The lowest BCUT2D eigenvalue weighted by Crippen LogP contribution is -2.28. The fourth-order valence-electron chi connectivity index (χ4n) is 7.28. The van der Waals surface area contributed by atoms with Crippen LogP contribution >= 0.6 is 23.4 Å². The molecule has 1 heterocycles. The number of anilines is 2. The predicted molar refractivity (Wildman–Crippen MR) is 237 cm³/mol. The van der Waals surface area contributed by atoms with Crippen molar-refractivity contribution in [1.29, 1.82) is 0 Å². The van der Waals surface area contributed by atoms with Gasteiger partial charge in [0.05, 0.1) is 15.3 Å². The molecular weight excluding hydrogens is 788 g/mol. The summed E-state index contributed by atoms with van der Waals surface area (Å²) in [7, 11) is -0.304. The third kappa shape index (κ3) is 10.2. The van der Waals surface area contributed by atoms with Crippen LogP contribution in [0.25, 0.3) is 27.6 Å². The molecule has 58 heavy (non-hydrogen) atoms. The molecule has 0 radical (unpaired) electrons. The van der Waals surface area contributed by atoms with Crippen molar-refractivity contribution in [2.24, 2.45) is 5.92 Å². The van der Waals surface area contributed by atoms with Crippen LogP contribution in [0.15, 0.2) is 137 Å². The first-order chi connectivity index (χ1) is 28.0. The van der Waals surface area contributed by atoms with Crippen LogP contribution in [-0.4, -0.2) is 60.6 Å². The van der Waals surface area contributed by atoms with Gasteiger partial charge in [0.25, 0.3) is 15.7 Å². The van der Waals surface area contributed by atoms with Gasteiger partial charge in [-0.15, -0.1) is 11.8 Å². The number of nitrogens with one attached hydrogen (secondary N) is 2. The zero-order valence-corrected chi connectivity index (χ0v) is 34.7. The van der Waals surface area contributed by atoms with E-state index in [-0.39, 0.29) is 28.1 Å². The maximum absolute atomic E-state index is 13.7. The molecule has 1 unspecified atom stereocenters. The first-order valence-corrected chi connectivity index (χ1v) is 22.1. The van der Waals surface area contributed by atoms with Crippen molar-refractivity contribution in [3.8, 4) is 11.1 Å².